The van der Waals surface area contributed by atoms with Crippen LogP contribution >= 0.6 is 0 Å². The minimum Gasteiger partial charge on any atom is -0.0995 e. The molecule has 0 aromatic carbocycles. The van der Waals surface area contributed by atoms with Gasteiger partial charge in [-0.2, -0.15) is 0 Å². The molecule has 0 saturated heterocycles. The lowest BCUT2D eigenvalue weighted by molar-refractivity contribution is -0.155. The highest BCUT2D eigenvalue weighted by Gasteiger charge is 2.61. The molecule has 20 heavy (non-hydrogen) atoms. The molecule has 4 fully saturated rings. The molecular formula is C20H32. The monoisotopic (exact) mass is 272 g/mol. The molecule has 0 nitrogen and oxygen atoms in total. The maximum atomic E-state index is 4.57. The first-order chi connectivity index (χ1) is 9.45. The predicted octanol–water partition coefficient (Wildman–Crippen LogP) is 5.83. The van der Waals surface area contributed by atoms with Crippen molar-refractivity contribution in [1.82, 2.24) is 0 Å². The van der Waals surface area contributed by atoms with Gasteiger partial charge in [0.2, 0.25) is 0 Å². The predicted molar refractivity (Wildman–Crippen MR) is 85.4 cm³/mol. The fourth-order valence-corrected chi connectivity index (χ4v) is 7.56. The molecular weight excluding hydrogens is 240 g/mol. The van der Waals surface area contributed by atoms with E-state index < -0.39 is 0 Å². The Kier molecular flexibility index (Phi) is 2.78. The normalized spacial score (nSPS) is 58.1. The Hall–Kier alpha value is -0.260. The van der Waals surface area contributed by atoms with E-state index in [-0.39, 0.29) is 0 Å². The molecule has 0 spiro atoms. The summed E-state index contributed by atoms with van der Waals surface area (Å²) < 4.78 is 0. The molecule has 0 heterocycles. The van der Waals surface area contributed by atoms with Gasteiger partial charge in [0.05, 0.1) is 0 Å². The van der Waals surface area contributed by atoms with Crippen LogP contribution in [-0.4, -0.2) is 0 Å². The molecule has 0 bridgehead atoms. The highest BCUT2D eigenvalue weighted by atomic mass is 14.7. The standard InChI is InChI=1S/C20H32/c1-13-6-7-15-14(2)12-20(4)10-5-9-19(3)11-8-16(13)17(15)18(19)20/h13,15-18H,2,5-12H2,1,3-4H3/t13-,15+,16+,17-,18+,19+,20-/m1/s1. The molecule has 4 aliphatic carbocycles. The van der Waals surface area contributed by atoms with E-state index in [1.807, 2.05) is 0 Å². The van der Waals surface area contributed by atoms with Gasteiger partial charge < -0.3 is 0 Å². The second-order valence-electron chi connectivity index (χ2n) is 9.42. The van der Waals surface area contributed by atoms with E-state index in [1.165, 1.54) is 51.4 Å². The summed E-state index contributed by atoms with van der Waals surface area (Å²) in [6.07, 6.45) is 11.7. The summed E-state index contributed by atoms with van der Waals surface area (Å²) >= 11 is 0. The third kappa shape index (κ3) is 1.60. The van der Waals surface area contributed by atoms with Crippen molar-refractivity contribution in [3.8, 4) is 0 Å². The summed E-state index contributed by atoms with van der Waals surface area (Å²) in [5.74, 6) is 4.86. The second-order valence-corrected chi connectivity index (χ2v) is 9.42. The van der Waals surface area contributed by atoms with Crippen LogP contribution in [0.4, 0.5) is 0 Å². The van der Waals surface area contributed by atoms with E-state index >= 15 is 0 Å². The van der Waals surface area contributed by atoms with Gasteiger partial charge in [-0.05, 0) is 85.4 Å². The van der Waals surface area contributed by atoms with Gasteiger partial charge in [0.15, 0.2) is 0 Å². The summed E-state index contributed by atoms with van der Waals surface area (Å²) in [6, 6.07) is 0. The quantitative estimate of drug-likeness (QED) is 0.487. The Bertz CT molecular complexity index is 435. The van der Waals surface area contributed by atoms with Crippen LogP contribution < -0.4 is 0 Å². The third-order valence-electron chi connectivity index (χ3n) is 8.21. The average Bonchev–Trinajstić information content (AvgIpc) is 2.36. The molecule has 0 unspecified atom stereocenters. The number of hydrogen-bond donors (Lipinski definition) is 0. The van der Waals surface area contributed by atoms with Gasteiger partial charge in [0, 0.05) is 0 Å². The van der Waals surface area contributed by atoms with Crippen molar-refractivity contribution in [2.75, 3.05) is 0 Å². The second kappa shape index (κ2) is 4.14. The first-order valence-corrected chi connectivity index (χ1v) is 9.12. The van der Waals surface area contributed by atoms with Crippen molar-refractivity contribution in [2.45, 2.75) is 72.1 Å². The lowest BCUT2D eigenvalue weighted by atomic mass is 9.38. The van der Waals surface area contributed by atoms with Crippen molar-refractivity contribution < 1.29 is 0 Å². The van der Waals surface area contributed by atoms with Crippen LogP contribution in [0.15, 0.2) is 12.2 Å². The van der Waals surface area contributed by atoms with Gasteiger partial charge in [-0.15, -0.1) is 0 Å². The Morgan fingerprint density at radius 2 is 1.75 bits per heavy atom. The van der Waals surface area contributed by atoms with E-state index in [9.17, 15) is 0 Å². The maximum Gasteiger partial charge on any atom is -0.0171 e. The van der Waals surface area contributed by atoms with Crippen molar-refractivity contribution in [3.63, 3.8) is 0 Å². The van der Waals surface area contributed by atoms with Crippen LogP contribution in [-0.2, 0) is 0 Å². The summed E-state index contributed by atoms with van der Waals surface area (Å²) in [5, 5.41) is 0. The number of hydrogen-bond acceptors (Lipinski definition) is 0. The zero-order valence-corrected chi connectivity index (χ0v) is 13.8. The highest BCUT2D eigenvalue weighted by Crippen LogP contribution is 2.69. The van der Waals surface area contributed by atoms with Crippen LogP contribution in [0.25, 0.3) is 0 Å². The van der Waals surface area contributed by atoms with Gasteiger partial charge in [-0.3, -0.25) is 0 Å². The minimum atomic E-state index is 0.584. The van der Waals surface area contributed by atoms with Crippen molar-refractivity contribution in [1.29, 1.82) is 0 Å². The van der Waals surface area contributed by atoms with Gasteiger partial charge in [-0.1, -0.05) is 39.3 Å². The fraction of sp³-hybridized carbons (Fsp3) is 0.900. The number of allylic oxidation sites excluding steroid dienone is 1. The largest absolute Gasteiger partial charge is 0.0995 e. The van der Waals surface area contributed by atoms with E-state index in [1.54, 1.807) is 5.57 Å². The SMILES string of the molecule is C=C1C[C@@]2(C)CCC[C@@]3(C)CC[C@@H]4[C@H]([C@@H]32)[C@H]1CC[C@H]4C. The molecule has 0 aromatic rings. The van der Waals surface area contributed by atoms with E-state index in [2.05, 4.69) is 27.4 Å². The lowest BCUT2D eigenvalue weighted by Crippen LogP contribution is -2.59. The zero-order chi connectivity index (χ0) is 14.1. The van der Waals surface area contributed by atoms with E-state index in [0.717, 1.165) is 29.6 Å². The van der Waals surface area contributed by atoms with Crippen LogP contribution in [0.5, 0.6) is 0 Å². The van der Waals surface area contributed by atoms with Gasteiger partial charge >= 0.3 is 0 Å². The molecule has 4 saturated carbocycles. The van der Waals surface area contributed by atoms with Crippen molar-refractivity contribution >= 4 is 0 Å². The van der Waals surface area contributed by atoms with E-state index in [0.29, 0.717) is 10.8 Å². The highest BCUT2D eigenvalue weighted by molar-refractivity contribution is 5.21. The topological polar surface area (TPSA) is 0 Å². The van der Waals surface area contributed by atoms with Gasteiger partial charge in [-0.25, -0.2) is 0 Å². The van der Waals surface area contributed by atoms with Crippen LogP contribution in [0.3, 0.4) is 0 Å². The first-order valence-electron chi connectivity index (χ1n) is 9.12. The smallest absolute Gasteiger partial charge is 0.0171 e. The Morgan fingerprint density at radius 3 is 2.55 bits per heavy atom. The number of rotatable bonds is 0. The fourth-order valence-electron chi connectivity index (χ4n) is 7.56. The van der Waals surface area contributed by atoms with Crippen molar-refractivity contribution in [2.24, 2.45) is 40.4 Å². The summed E-state index contributed by atoms with van der Waals surface area (Å²) in [5.41, 5.74) is 2.88. The van der Waals surface area contributed by atoms with E-state index in [4.69, 9.17) is 0 Å². The van der Waals surface area contributed by atoms with Gasteiger partial charge in [0.25, 0.3) is 0 Å². The first kappa shape index (κ1) is 13.4. The van der Waals surface area contributed by atoms with Crippen LogP contribution in [0.1, 0.15) is 72.1 Å². The Morgan fingerprint density at radius 1 is 1.00 bits per heavy atom. The molecule has 0 aliphatic heterocycles. The Labute approximate surface area is 125 Å². The molecule has 4 rings (SSSR count). The summed E-state index contributed by atoms with van der Waals surface area (Å²) in [6.45, 7) is 12.4. The van der Waals surface area contributed by atoms with Crippen LogP contribution in [0, 0.1) is 40.4 Å². The van der Waals surface area contributed by atoms with Gasteiger partial charge in [0.1, 0.15) is 0 Å². The molecule has 0 N–H and O–H groups in total. The minimum absolute atomic E-state index is 0.584. The third-order valence-corrected chi connectivity index (χ3v) is 8.21. The molecule has 0 heteroatoms. The molecule has 0 aromatic heterocycles. The summed E-state index contributed by atoms with van der Waals surface area (Å²) in [7, 11) is 0. The zero-order valence-electron chi connectivity index (χ0n) is 13.8. The maximum absolute atomic E-state index is 4.57. The lowest BCUT2D eigenvalue weighted by Gasteiger charge is -2.67. The molecule has 7 atom stereocenters. The molecule has 0 radical (unpaired) electrons. The summed E-state index contributed by atoms with van der Waals surface area (Å²) in [4.78, 5) is 0. The molecule has 4 aliphatic rings. The molecule has 0 amide bonds. The van der Waals surface area contributed by atoms with Crippen molar-refractivity contribution in [3.05, 3.63) is 12.2 Å². The Balaban J connectivity index is 1.81. The average molecular weight is 272 g/mol. The molecule has 112 valence electrons. The van der Waals surface area contributed by atoms with Crippen LogP contribution in [0.2, 0.25) is 0 Å².